The number of aliphatic hydroxyl groups is 1. The molecule has 2 unspecified atom stereocenters. The highest BCUT2D eigenvalue weighted by Crippen LogP contribution is 2.23. The summed E-state index contributed by atoms with van der Waals surface area (Å²) in [6.07, 6.45) is 1.08. The molecule has 1 saturated heterocycles. The fourth-order valence-electron chi connectivity index (χ4n) is 2.65. The van der Waals surface area contributed by atoms with Crippen molar-refractivity contribution in [3.05, 3.63) is 29.8 Å². The minimum Gasteiger partial charge on any atom is -0.394 e. The molecule has 0 bridgehead atoms. The molecular weight excluding hydrogens is 240 g/mol. The monoisotopic (exact) mass is 264 g/mol. The minimum atomic E-state index is 0.0749. The molecule has 1 aliphatic rings. The van der Waals surface area contributed by atoms with E-state index in [4.69, 9.17) is 4.74 Å². The van der Waals surface area contributed by atoms with Crippen molar-refractivity contribution in [1.29, 1.82) is 0 Å². The van der Waals surface area contributed by atoms with E-state index in [-0.39, 0.29) is 12.6 Å². The van der Waals surface area contributed by atoms with Crippen LogP contribution in [0, 0.1) is 0 Å². The molecule has 2 rings (SSSR count). The number of aliphatic hydroxyl groups excluding tert-OH is 1. The van der Waals surface area contributed by atoms with Gasteiger partial charge in [-0.15, -0.1) is 0 Å². The number of morpholine rings is 1. The van der Waals surface area contributed by atoms with Crippen molar-refractivity contribution in [2.45, 2.75) is 25.4 Å². The van der Waals surface area contributed by atoms with Gasteiger partial charge in [-0.1, -0.05) is 19.1 Å². The van der Waals surface area contributed by atoms with Crippen LogP contribution in [0.15, 0.2) is 24.3 Å². The fraction of sp³-hybridized carbons (Fsp3) is 0.600. The summed E-state index contributed by atoms with van der Waals surface area (Å²) in [5.74, 6) is 0. The summed E-state index contributed by atoms with van der Waals surface area (Å²) >= 11 is 0. The first-order chi connectivity index (χ1) is 9.30. The Morgan fingerprint density at radius 2 is 2.16 bits per heavy atom. The number of nitrogens with one attached hydrogen (secondary N) is 1. The molecule has 1 heterocycles. The lowest BCUT2D eigenvalue weighted by molar-refractivity contribution is 0.0727. The summed E-state index contributed by atoms with van der Waals surface area (Å²) in [4.78, 5) is 2.23. The molecule has 1 aliphatic heterocycles. The number of hydrogen-bond donors (Lipinski definition) is 2. The van der Waals surface area contributed by atoms with Crippen molar-refractivity contribution in [3.8, 4) is 0 Å². The number of nitrogens with zero attached hydrogens (tertiary/aromatic N) is 1. The Balaban J connectivity index is 2.12. The number of anilines is 1. The zero-order valence-corrected chi connectivity index (χ0v) is 11.8. The van der Waals surface area contributed by atoms with Crippen LogP contribution in [0.1, 0.15) is 24.9 Å². The summed E-state index contributed by atoms with van der Waals surface area (Å²) in [7, 11) is 1.99. The van der Waals surface area contributed by atoms with Crippen LogP contribution in [0.4, 0.5) is 5.69 Å². The van der Waals surface area contributed by atoms with Gasteiger partial charge >= 0.3 is 0 Å². The molecule has 0 spiro atoms. The van der Waals surface area contributed by atoms with Gasteiger partial charge in [-0.2, -0.15) is 0 Å². The zero-order chi connectivity index (χ0) is 13.7. The smallest absolute Gasteiger partial charge is 0.0755 e. The predicted octanol–water partition coefficient (Wildman–Crippen LogP) is 1.55. The molecule has 1 fully saturated rings. The van der Waals surface area contributed by atoms with E-state index in [1.165, 1.54) is 5.56 Å². The predicted molar refractivity (Wildman–Crippen MR) is 77.6 cm³/mol. The van der Waals surface area contributed by atoms with Gasteiger partial charge in [0.1, 0.15) is 0 Å². The van der Waals surface area contributed by atoms with Crippen LogP contribution in [-0.4, -0.2) is 44.6 Å². The topological polar surface area (TPSA) is 44.7 Å². The van der Waals surface area contributed by atoms with Gasteiger partial charge in [0.15, 0.2) is 0 Å². The van der Waals surface area contributed by atoms with Crippen LogP contribution >= 0.6 is 0 Å². The number of rotatable bonds is 5. The molecule has 1 aromatic carbocycles. The van der Waals surface area contributed by atoms with Crippen molar-refractivity contribution < 1.29 is 9.84 Å². The van der Waals surface area contributed by atoms with Gasteiger partial charge in [0.25, 0.3) is 0 Å². The summed E-state index contributed by atoms with van der Waals surface area (Å²) < 4.78 is 5.41. The molecule has 0 amide bonds. The van der Waals surface area contributed by atoms with Crippen molar-refractivity contribution >= 4 is 5.69 Å². The first kappa shape index (κ1) is 14.3. The minimum absolute atomic E-state index is 0.0749. The van der Waals surface area contributed by atoms with E-state index in [1.807, 2.05) is 7.05 Å². The molecule has 0 saturated carbocycles. The quantitative estimate of drug-likeness (QED) is 0.847. The Hall–Kier alpha value is -1.10. The number of ether oxygens (including phenoxy) is 1. The van der Waals surface area contributed by atoms with Crippen LogP contribution in [-0.2, 0) is 4.74 Å². The third kappa shape index (κ3) is 3.26. The van der Waals surface area contributed by atoms with Gasteiger partial charge in [0.2, 0.25) is 0 Å². The Morgan fingerprint density at radius 1 is 1.42 bits per heavy atom. The van der Waals surface area contributed by atoms with Gasteiger partial charge in [0.05, 0.1) is 25.9 Å². The molecule has 1 aromatic rings. The van der Waals surface area contributed by atoms with Crippen LogP contribution in [0.25, 0.3) is 0 Å². The molecular formula is C15H24N2O2. The van der Waals surface area contributed by atoms with E-state index in [2.05, 4.69) is 41.4 Å². The maximum absolute atomic E-state index is 9.41. The lowest BCUT2D eigenvalue weighted by Crippen LogP contribution is -2.47. The van der Waals surface area contributed by atoms with Gasteiger partial charge < -0.3 is 20.1 Å². The van der Waals surface area contributed by atoms with Gasteiger partial charge in [-0.05, 0) is 31.2 Å². The van der Waals surface area contributed by atoms with E-state index in [9.17, 15) is 5.11 Å². The molecule has 0 radical (unpaired) electrons. The van der Waals surface area contributed by atoms with Crippen molar-refractivity contribution in [2.75, 3.05) is 38.3 Å². The number of benzene rings is 1. The summed E-state index contributed by atoms with van der Waals surface area (Å²) in [5, 5.41) is 12.7. The van der Waals surface area contributed by atoms with Crippen LogP contribution in [0.2, 0.25) is 0 Å². The van der Waals surface area contributed by atoms with E-state index >= 15 is 0 Å². The largest absolute Gasteiger partial charge is 0.394 e. The highest BCUT2D eigenvalue weighted by Gasteiger charge is 2.22. The third-order valence-corrected chi connectivity index (χ3v) is 3.82. The second-order valence-corrected chi connectivity index (χ2v) is 4.95. The van der Waals surface area contributed by atoms with Crippen molar-refractivity contribution in [1.82, 2.24) is 5.32 Å². The molecule has 106 valence electrons. The Kier molecular flexibility index (Phi) is 5.19. The van der Waals surface area contributed by atoms with Crippen molar-refractivity contribution in [2.24, 2.45) is 0 Å². The number of hydrogen-bond acceptors (Lipinski definition) is 4. The third-order valence-electron chi connectivity index (χ3n) is 3.82. The molecule has 2 N–H and O–H groups in total. The molecule has 0 aromatic heterocycles. The second-order valence-electron chi connectivity index (χ2n) is 4.95. The Bertz CT molecular complexity index is 376. The van der Waals surface area contributed by atoms with Crippen LogP contribution in [0.3, 0.4) is 0 Å². The molecule has 19 heavy (non-hydrogen) atoms. The van der Waals surface area contributed by atoms with Gasteiger partial charge in [0, 0.05) is 18.3 Å². The highest BCUT2D eigenvalue weighted by atomic mass is 16.5. The fourth-order valence-corrected chi connectivity index (χ4v) is 2.65. The Morgan fingerprint density at radius 3 is 2.74 bits per heavy atom. The molecule has 4 heteroatoms. The first-order valence-electron chi connectivity index (χ1n) is 7.02. The standard InChI is InChI=1S/C15H24N2O2/c1-3-15(16-2)12-4-6-13(7-5-12)17-8-9-19-11-14(17)10-18/h4-7,14-16,18H,3,8-11H2,1-2H3. The highest BCUT2D eigenvalue weighted by molar-refractivity contribution is 5.49. The summed E-state index contributed by atoms with van der Waals surface area (Å²) in [5.41, 5.74) is 2.47. The zero-order valence-electron chi connectivity index (χ0n) is 11.8. The average Bonchev–Trinajstić information content (AvgIpc) is 2.49. The molecule has 2 atom stereocenters. The maximum Gasteiger partial charge on any atom is 0.0755 e. The van der Waals surface area contributed by atoms with Gasteiger partial charge in [-0.3, -0.25) is 0 Å². The lowest BCUT2D eigenvalue weighted by atomic mass is 10.0. The van der Waals surface area contributed by atoms with E-state index < -0.39 is 0 Å². The lowest BCUT2D eigenvalue weighted by Gasteiger charge is -2.36. The van der Waals surface area contributed by atoms with Crippen molar-refractivity contribution in [3.63, 3.8) is 0 Å². The van der Waals surface area contributed by atoms with Crippen LogP contribution in [0.5, 0.6) is 0 Å². The van der Waals surface area contributed by atoms with E-state index in [0.717, 1.165) is 25.3 Å². The normalized spacial score (nSPS) is 21.4. The average molecular weight is 264 g/mol. The Labute approximate surface area is 115 Å². The van der Waals surface area contributed by atoms with Gasteiger partial charge in [-0.25, -0.2) is 0 Å². The molecule has 0 aliphatic carbocycles. The second kappa shape index (κ2) is 6.89. The molecule has 4 nitrogen and oxygen atoms in total. The van der Waals surface area contributed by atoms with E-state index in [1.54, 1.807) is 0 Å². The summed E-state index contributed by atoms with van der Waals surface area (Å²) in [6.45, 7) is 4.49. The summed E-state index contributed by atoms with van der Waals surface area (Å²) in [6, 6.07) is 9.11. The first-order valence-corrected chi connectivity index (χ1v) is 7.02. The SMILES string of the molecule is CCC(NC)c1ccc(N2CCOCC2CO)cc1. The van der Waals surface area contributed by atoms with E-state index in [0.29, 0.717) is 12.6 Å². The maximum atomic E-state index is 9.41. The van der Waals surface area contributed by atoms with Crippen LogP contribution < -0.4 is 10.2 Å².